The van der Waals surface area contributed by atoms with E-state index in [9.17, 15) is 15.0 Å². The molecule has 0 amide bonds. The van der Waals surface area contributed by atoms with E-state index in [0.29, 0.717) is 3.57 Å². The van der Waals surface area contributed by atoms with Crippen LogP contribution in [0.1, 0.15) is 6.92 Å². The molecule has 17 heavy (non-hydrogen) atoms. The van der Waals surface area contributed by atoms with Gasteiger partial charge in [0, 0.05) is 11.6 Å². The van der Waals surface area contributed by atoms with E-state index in [1.54, 1.807) is 0 Å². The molecule has 0 fully saturated rings. The van der Waals surface area contributed by atoms with Crippen LogP contribution in [0, 0.1) is 3.57 Å². The highest BCUT2D eigenvalue weighted by Gasteiger charge is 2.20. The first kappa shape index (κ1) is 13.6. The van der Waals surface area contributed by atoms with Crippen molar-refractivity contribution >= 4 is 28.6 Å². The summed E-state index contributed by atoms with van der Waals surface area (Å²) in [5.74, 6) is -1.52. The third-order valence-corrected chi connectivity index (χ3v) is 2.73. The molecule has 0 unspecified atom stereocenters. The summed E-state index contributed by atoms with van der Waals surface area (Å²) in [5, 5.41) is 19.3. The summed E-state index contributed by atoms with van der Waals surface area (Å²) in [4.78, 5) is 11.3. The van der Waals surface area contributed by atoms with Crippen LogP contribution in [-0.2, 0) is 4.79 Å². The van der Waals surface area contributed by atoms with Crippen molar-refractivity contribution in [2.45, 2.75) is 6.92 Å². The Hall–Kier alpha value is -1.44. The molecule has 92 valence electrons. The average molecular weight is 350 g/mol. The van der Waals surface area contributed by atoms with Crippen LogP contribution in [0.25, 0.3) is 0 Å². The zero-order valence-corrected chi connectivity index (χ0v) is 11.4. The monoisotopic (exact) mass is 350 g/mol. The zero-order chi connectivity index (χ0) is 13.2. The fraction of sp³-hybridized carbons (Fsp3) is 0.182. The van der Waals surface area contributed by atoms with Crippen LogP contribution in [0.3, 0.4) is 0 Å². The van der Waals surface area contributed by atoms with Crippen LogP contribution in [0.2, 0.25) is 0 Å². The van der Waals surface area contributed by atoms with Gasteiger partial charge < -0.3 is 19.7 Å². The number of halogens is 1. The Bertz CT molecular complexity index is 481. The SMILES string of the molecule is C=C(C)C(=O)Oc1cc(I)c(O)c(OC)c1O. The first-order valence-electron chi connectivity index (χ1n) is 4.54. The lowest BCUT2D eigenvalue weighted by molar-refractivity contribution is -0.130. The van der Waals surface area contributed by atoms with Gasteiger partial charge in [-0.05, 0) is 29.5 Å². The quantitative estimate of drug-likeness (QED) is 0.378. The van der Waals surface area contributed by atoms with E-state index >= 15 is 0 Å². The van der Waals surface area contributed by atoms with Crippen molar-refractivity contribution in [3.63, 3.8) is 0 Å². The Morgan fingerprint density at radius 1 is 1.41 bits per heavy atom. The second kappa shape index (κ2) is 5.26. The summed E-state index contributed by atoms with van der Waals surface area (Å²) in [6, 6.07) is 1.33. The Kier molecular flexibility index (Phi) is 4.22. The Morgan fingerprint density at radius 2 is 2.00 bits per heavy atom. The Labute approximate surface area is 112 Å². The molecular formula is C11H11IO5. The summed E-state index contributed by atoms with van der Waals surface area (Å²) < 4.78 is 10.1. The van der Waals surface area contributed by atoms with E-state index in [1.165, 1.54) is 20.1 Å². The number of hydrogen-bond donors (Lipinski definition) is 2. The van der Waals surface area contributed by atoms with Gasteiger partial charge in [-0.15, -0.1) is 0 Å². The summed E-state index contributed by atoms with van der Waals surface area (Å²) in [6.45, 7) is 4.91. The third kappa shape index (κ3) is 2.82. The highest BCUT2D eigenvalue weighted by Crippen LogP contribution is 2.45. The van der Waals surface area contributed by atoms with E-state index in [2.05, 4.69) is 6.58 Å². The molecule has 5 nitrogen and oxygen atoms in total. The van der Waals surface area contributed by atoms with Crippen molar-refractivity contribution in [1.29, 1.82) is 0 Å². The van der Waals surface area contributed by atoms with Gasteiger partial charge in [0.2, 0.25) is 11.5 Å². The number of phenols is 2. The van der Waals surface area contributed by atoms with Crippen molar-refractivity contribution in [3.05, 3.63) is 21.8 Å². The van der Waals surface area contributed by atoms with Gasteiger partial charge in [-0.3, -0.25) is 0 Å². The minimum atomic E-state index is -0.663. The van der Waals surface area contributed by atoms with E-state index < -0.39 is 11.7 Å². The molecular weight excluding hydrogens is 339 g/mol. The molecule has 0 aliphatic rings. The molecule has 6 heteroatoms. The minimum absolute atomic E-state index is 0.0861. The van der Waals surface area contributed by atoms with Crippen LogP contribution >= 0.6 is 22.6 Å². The van der Waals surface area contributed by atoms with Crippen molar-refractivity contribution < 1.29 is 24.5 Å². The molecule has 0 heterocycles. The van der Waals surface area contributed by atoms with E-state index in [0.717, 1.165) is 0 Å². The summed E-state index contributed by atoms with van der Waals surface area (Å²) in [5.41, 5.74) is 0.200. The molecule has 0 saturated heterocycles. The molecule has 1 aromatic rings. The molecule has 0 bridgehead atoms. The molecule has 0 aliphatic heterocycles. The molecule has 0 radical (unpaired) electrons. The average Bonchev–Trinajstić information content (AvgIpc) is 2.26. The van der Waals surface area contributed by atoms with Crippen LogP contribution in [0.5, 0.6) is 23.0 Å². The lowest BCUT2D eigenvalue weighted by Crippen LogP contribution is -2.08. The molecule has 2 N–H and O–H groups in total. The Balaban J connectivity index is 3.22. The standard InChI is InChI=1S/C11H11IO5/c1-5(2)11(15)17-7-4-6(12)8(13)10(16-3)9(7)14/h4,13-14H,1H2,2-3H3. The van der Waals surface area contributed by atoms with Crippen LogP contribution in [-0.4, -0.2) is 23.3 Å². The number of benzene rings is 1. The molecule has 0 aliphatic carbocycles. The number of aromatic hydroxyl groups is 2. The number of ether oxygens (including phenoxy) is 2. The van der Waals surface area contributed by atoms with Gasteiger partial charge in [-0.2, -0.15) is 0 Å². The summed E-state index contributed by atoms with van der Waals surface area (Å²) >= 11 is 1.82. The highest BCUT2D eigenvalue weighted by atomic mass is 127. The lowest BCUT2D eigenvalue weighted by Gasteiger charge is -2.12. The predicted molar refractivity (Wildman–Crippen MR) is 69.5 cm³/mol. The first-order chi connectivity index (χ1) is 7.88. The van der Waals surface area contributed by atoms with Gasteiger partial charge in [-0.1, -0.05) is 6.58 Å². The number of rotatable bonds is 3. The molecule has 1 rings (SSSR count). The fourth-order valence-corrected chi connectivity index (χ4v) is 1.57. The van der Waals surface area contributed by atoms with Gasteiger partial charge in [-0.25, -0.2) is 4.79 Å². The maximum Gasteiger partial charge on any atom is 0.338 e. The largest absolute Gasteiger partial charge is 0.503 e. The topological polar surface area (TPSA) is 76.0 Å². The molecule has 1 aromatic carbocycles. The fourth-order valence-electron chi connectivity index (χ4n) is 1.04. The van der Waals surface area contributed by atoms with Crippen LogP contribution in [0.4, 0.5) is 0 Å². The van der Waals surface area contributed by atoms with Gasteiger partial charge >= 0.3 is 5.97 Å². The number of hydrogen-bond acceptors (Lipinski definition) is 5. The van der Waals surface area contributed by atoms with Gasteiger partial charge in [0.25, 0.3) is 0 Å². The molecule has 0 saturated carbocycles. The van der Waals surface area contributed by atoms with Gasteiger partial charge in [0.05, 0.1) is 10.7 Å². The highest BCUT2D eigenvalue weighted by molar-refractivity contribution is 14.1. The van der Waals surface area contributed by atoms with Gasteiger partial charge in [0.15, 0.2) is 11.5 Å². The van der Waals surface area contributed by atoms with Crippen molar-refractivity contribution in [2.75, 3.05) is 7.11 Å². The first-order valence-corrected chi connectivity index (χ1v) is 5.62. The lowest BCUT2D eigenvalue weighted by atomic mass is 10.2. The van der Waals surface area contributed by atoms with E-state index in [4.69, 9.17) is 9.47 Å². The number of carbonyl (C=O) groups is 1. The number of phenolic OH excluding ortho intramolecular Hbond substituents is 2. The minimum Gasteiger partial charge on any atom is -0.503 e. The molecule has 0 aromatic heterocycles. The number of esters is 1. The maximum absolute atomic E-state index is 11.3. The van der Waals surface area contributed by atoms with Crippen LogP contribution < -0.4 is 9.47 Å². The van der Waals surface area contributed by atoms with Gasteiger partial charge in [0.1, 0.15) is 0 Å². The Morgan fingerprint density at radius 3 is 2.47 bits per heavy atom. The summed E-state index contributed by atoms with van der Waals surface area (Å²) in [7, 11) is 1.29. The van der Waals surface area contributed by atoms with Crippen molar-refractivity contribution in [2.24, 2.45) is 0 Å². The molecule has 0 atom stereocenters. The normalized spacial score (nSPS) is 9.82. The smallest absolute Gasteiger partial charge is 0.338 e. The van der Waals surface area contributed by atoms with E-state index in [1.807, 2.05) is 22.6 Å². The van der Waals surface area contributed by atoms with Crippen molar-refractivity contribution in [3.8, 4) is 23.0 Å². The second-order valence-electron chi connectivity index (χ2n) is 3.26. The predicted octanol–water partition coefficient (Wildman–Crippen LogP) is 2.19. The number of carbonyl (C=O) groups excluding carboxylic acids is 1. The third-order valence-electron chi connectivity index (χ3n) is 1.90. The second-order valence-corrected chi connectivity index (χ2v) is 4.42. The van der Waals surface area contributed by atoms with E-state index in [-0.39, 0.29) is 22.8 Å². The zero-order valence-electron chi connectivity index (χ0n) is 9.28. The number of methoxy groups -OCH3 is 1. The van der Waals surface area contributed by atoms with Crippen molar-refractivity contribution in [1.82, 2.24) is 0 Å². The maximum atomic E-state index is 11.3. The summed E-state index contributed by atoms with van der Waals surface area (Å²) in [6.07, 6.45) is 0. The molecule has 0 spiro atoms. The van der Waals surface area contributed by atoms with Crippen LogP contribution in [0.15, 0.2) is 18.2 Å².